The van der Waals surface area contributed by atoms with Crippen LogP contribution in [0.4, 0.5) is 5.69 Å². The van der Waals surface area contributed by atoms with E-state index in [1.54, 1.807) is 4.90 Å². The number of ether oxygens (including phenoxy) is 1. The third-order valence-corrected chi connectivity index (χ3v) is 3.78. The number of carbonyl (C=O) groups excluding carboxylic acids is 1. The molecule has 0 saturated carbocycles. The summed E-state index contributed by atoms with van der Waals surface area (Å²) in [7, 11) is 0. The topological polar surface area (TPSA) is 55.3 Å². The van der Waals surface area contributed by atoms with Crippen LogP contribution in [0.15, 0.2) is 28.9 Å². The van der Waals surface area contributed by atoms with E-state index in [0.717, 1.165) is 21.9 Å². The maximum absolute atomic E-state index is 12.4. The highest BCUT2D eigenvalue weighted by atomic mass is 79.9. The Bertz CT molecular complexity index is 617. The van der Waals surface area contributed by atoms with Gasteiger partial charge in [-0.25, -0.2) is 0 Å². The first-order chi connectivity index (χ1) is 9.15. The molecular weight excluding hydrogens is 330 g/mol. The lowest BCUT2D eigenvalue weighted by Gasteiger charge is -2.33. The molecule has 1 aromatic carbocycles. The van der Waals surface area contributed by atoms with Gasteiger partial charge in [-0.1, -0.05) is 15.9 Å². The van der Waals surface area contributed by atoms with Crippen LogP contribution in [0, 0.1) is 0 Å². The number of benzene rings is 1. The van der Waals surface area contributed by atoms with Gasteiger partial charge in [0.05, 0.1) is 30.2 Å². The van der Waals surface area contributed by atoms with E-state index in [1.807, 2.05) is 25.1 Å². The highest BCUT2D eigenvalue weighted by Gasteiger charge is 2.29. The van der Waals surface area contributed by atoms with Crippen LogP contribution in [0.3, 0.4) is 0 Å². The summed E-state index contributed by atoms with van der Waals surface area (Å²) >= 11 is 4.44. The Kier molecular flexibility index (Phi) is 3.24. The standard InChI is InChI=1S/C12H10BrN3O2S/c1-7-6-16(12(17)9-5-14-19-15-9)10-4-8(13)2-3-11(10)18-7/h2-5,7H,6H2,1H3/t7-/m0/s1. The molecule has 0 radical (unpaired) electrons. The van der Waals surface area contributed by atoms with Crippen molar-refractivity contribution < 1.29 is 9.53 Å². The van der Waals surface area contributed by atoms with Gasteiger partial charge >= 0.3 is 0 Å². The second-order valence-corrected chi connectivity index (χ2v) is 5.72. The van der Waals surface area contributed by atoms with Crippen LogP contribution in [0.5, 0.6) is 5.75 Å². The molecule has 0 unspecified atom stereocenters. The number of amides is 1. The lowest BCUT2D eigenvalue weighted by molar-refractivity contribution is 0.0957. The monoisotopic (exact) mass is 339 g/mol. The fourth-order valence-electron chi connectivity index (χ4n) is 2.00. The molecule has 2 aromatic rings. The van der Waals surface area contributed by atoms with Gasteiger partial charge in [-0.05, 0) is 25.1 Å². The van der Waals surface area contributed by atoms with Gasteiger partial charge in [0.15, 0.2) is 5.69 Å². The van der Waals surface area contributed by atoms with Crippen LogP contribution < -0.4 is 9.64 Å². The normalized spacial score (nSPS) is 17.8. The SMILES string of the molecule is C[C@H]1CN(C(=O)c2cnsn2)c2cc(Br)ccc2O1. The molecule has 0 bridgehead atoms. The van der Waals surface area contributed by atoms with E-state index in [9.17, 15) is 4.79 Å². The third-order valence-electron chi connectivity index (χ3n) is 2.81. The van der Waals surface area contributed by atoms with Crippen molar-refractivity contribution in [3.05, 3.63) is 34.6 Å². The molecule has 0 spiro atoms. The molecule has 1 amide bonds. The summed E-state index contributed by atoms with van der Waals surface area (Å²) < 4.78 is 14.5. The number of aromatic nitrogens is 2. The van der Waals surface area contributed by atoms with Gasteiger partial charge in [0.1, 0.15) is 11.9 Å². The van der Waals surface area contributed by atoms with Crippen molar-refractivity contribution in [2.75, 3.05) is 11.4 Å². The predicted molar refractivity (Wildman–Crippen MR) is 75.8 cm³/mol. The van der Waals surface area contributed by atoms with Gasteiger partial charge in [0, 0.05) is 4.47 Å². The van der Waals surface area contributed by atoms with Crippen molar-refractivity contribution in [2.45, 2.75) is 13.0 Å². The van der Waals surface area contributed by atoms with Crippen molar-refractivity contribution in [1.29, 1.82) is 0 Å². The first-order valence-electron chi connectivity index (χ1n) is 5.71. The van der Waals surface area contributed by atoms with Crippen molar-refractivity contribution >= 4 is 39.3 Å². The average molecular weight is 340 g/mol. The molecule has 2 heterocycles. The first-order valence-corrected chi connectivity index (χ1v) is 7.23. The Morgan fingerprint density at radius 3 is 3.16 bits per heavy atom. The molecule has 1 atom stereocenters. The molecule has 19 heavy (non-hydrogen) atoms. The Morgan fingerprint density at radius 1 is 1.58 bits per heavy atom. The molecule has 1 aliphatic rings. The smallest absolute Gasteiger partial charge is 0.279 e. The lowest BCUT2D eigenvalue weighted by Crippen LogP contribution is -2.42. The van der Waals surface area contributed by atoms with Gasteiger partial charge in [-0.3, -0.25) is 9.69 Å². The number of anilines is 1. The molecule has 0 aliphatic carbocycles. The first kappa shape index (κ1) is 12.6. The van der Waals surface area contributed by atoms with E-state index in [1.165, 1.54) is 6.20 Å². The van der Waals surface area contributed by atoms with E-state index in [4.69, 9.17) is 4.74 Å². The summed E-state index contributed by atoms with van der Waals surface area (Å²) in [4.78, 5) is 14.1. The van der Waals surface area contributed by atoms with Crippen molar-refractivity contribution in [3.8, 4) is 5.75 Å². The second kappa shape index (κ2) is 4.90. The largest absolute Gasteiger partial charge is 0.487 e. The molecule has 3 rings (SSSR count). The number of halogens is 1. The molecule has 98 valence electrons. The van der Waals surface area contributed by atoms with Crippen LogP contribution in [-0.2, 0) is 0 Å². The number of hydrogen-bond donors (Lipinski definition) is 0. The summed E-state index contributed by atoms with van der Waals surface area (Å²) in [5, 5.41) is 0. The molecule has 5 nitrogen and oxygen atoms in total. The summed E-state index contributed by atoms with van der Waals surface area (Å²) in [6, 6.07) is 5.62. The minimum absolute atomic E-state index is 0.0516. The van der Waals surface area contributed by atoms with Crippen LogP contribution >= 0.6 is 27.7 Å². The zero-order valence-corrected chi connectivity index (χ0v) is 12.4. The molecule has 0 saturated heterocycles. The predicted octanol–water partition coefficient (Wildman–Crippen LogP) is 2.73. The Labute approximate surface area is 122 Å². The van der Waals surface area contributed by atoms with Crippen molar-refractivity contribution in [1.82, 2.24) is 8.75 Å². The van der Waals surface area contributed by atoms with E-state index in [-0.39, 0.29) is 12.0 Å². The minimum Gasteiger partial charge on any atom is -0.487 e. The summed E-state index contributed by atoms with van der Waals surface area (Å²) in [6.07, 6.45) is 1.44. The van der Waals surface area contributed by atoms with Gasteiger partial charge < -0.3 is 4.74 Å². The molecule has 0 fully saturated rings. The molecule has 1 aliphatic heterocycles. The fraction of sp³-hybridized carbons (Fsp3) is 0.250. The number of carbonyl (C=O) groups is 1. The number of fused-ring (bicyclic) bond motifs is 1. The number of rotatable bonds is 1. The number of hydrogen-bond acceptors (Lipinski definition) is 5. The zero-order valence-electron chi connectivity index (χ0n) is 10.0. The van der Waals surface area contributed by atoms with Crippen LogP contribution in [0.1, 0.15) is 17.4 Å². The Balaban J connectivity index is 2.03. The Morgan fingerprint density at radius 2 is 2.42 bits per heavy atom. The highest BCUT2D eigenvalue weighted by molar-refractivity contribution is 9.10. The van der Waals surface area contributed by atoms with E-state index in [0.29, 0.717) is 18.0 Å². The maximum Gasteiger partial charge on any atom is 0.279 e. The van der Waals surface area contributed by atoms with Crippen molar-refractivity contribution in [2.24, 2.45) is 0 Å². The third kappa shape index (κ3) is 2.35. The van der Waals surface area contributed by atoms with Crippen LogP contribution in [0.25, 0.3) is 0 Å². The van der Waals surface area contributed by atoms with Gasteiger partial charge in [-0.2, -0.15) is 8.75 Å². The van der Waals surface area contributed by atoms with E-state index in [2.05, 4.69) is 24.7 Å². The molecule has 1 aromatic heterocycles. The van der Waals surface area contributed by atoms with Gasteiger partial charge in [0.25, 0.3) is 5.91 Å². The summed E-state index contributed by atoms with van der Waals surface area (Å²) in [5.41, 5.74) is 1.12. The second-order valence-electron chi connectivity index (χ2n) is 4.25. The van der Waals surface area contributed by atoms with Gasteiger partial charge in [-0.15, -0.1) is 0 Å². The van der Waals surface area contributed by atoms with Crippen LogP contribution in [0.2, 0.25) is 0 Å². The van der Waals surface area contributed by atoms with Crippen LogP contribution in [-0.4, -0.2) is 27.3 Å². The quantitative estimate of drug-likeness (QED) is 0.801. The van der Waals surface area contributed by atoms with Crippen molar-refractivity contribution in [3.63, 3.8) is 0 Å². The minimum atomic E-state index is -0.150. The summed E-state index contributed by atoms with van der Waals surface area (Å²) in [6.45, 7) is 2.43. The molecule has 0 N–H and O–H groups in total. The lowest BCUT2D eigenvalue weighted by atomic mass is 10.2. The zero-order chi connectivity index (χ0) is 13.4. The fourth-order valence-corrected chi connectivity index (χ4v) is 2.76. The maximum atomic E-state index is 12.4. The Hall–Kier alpha value is -1.47. The molecular formula is C12H10BrN3O2S. The van der Waals surface area contributed by atoms with E-state index >= 15 is 0 Å². The van der Waals surface area contributed by atoms with Gasteiger partial charge in [0.2, 0.25) is 0 Å². The highest BCUT2D eigenvalue weighted by Crippen LogP contribution is 2.36. The molecule has 7 heteroatoms. The number of nitrogens with zero attached hydrogens (tertiary/aromatic N) is 3. The van der Waals surface area contributed by atoms with E-state index < -0.39 is 0 Å². The summed E-state index contributed by atoms with van der Waals surface area (Å²) in [5.74, 6) is 0.557. The average Bonchev–Trinajstić information content (AvgIpc) is 2.91.